The van der Waals surface area contributed by atoms with Crippen LogP contribution in [0.2, 0.25) is 0 Å². The zero-order valence-electron chi connectivity index (χ0n) is 5.42. The van der Waals surface area contributed by atoms with Crippen molar-refractivity contribution in [3.8, 4) is 0 Å². The van der Waals surface area contributed by atoms with E-state index in [0.717, 1.165) is 19.4 Å². The van der Waals surface area contributed by atoms with Gasteiger partial charge >= 0.3 is 0 Å². The Morgan fingerprint density at radius 2 is 1.89 bits per heavy atom. The molecule has 3 N–H and O–H groups in total. The Morgan fingerprint density at radius 1 is 1.33 bits per heavy atom. The zero-order chi connectivity index (χ0) is 5.98. The molecule has 0 heterocycles. The van der Waals surface area contributed by atoms with Gasteiger partial charge < -0.3 is 10.8 Å². The lowest BCUT2D eigenvalue weighted by Crippen LogP contribution is -2.31. The van der Waals surface area contributed by atoms with Gasteiger partial charge in [-0.25, -0.2) is 0 Å². The normalized spacial score (nSPS) is 32.7. The van der Waals surface area contributed by atoms with Crippen LogP contribution in [-0.2, 0) is 0 Å². The molecule has 0 amide bonds. The summed E-state index contributed by atoms with van der Waals surface area (Å²) in [4.78, 5) is 0. The average Bonchev–Trinajstić information content (AvgIpc) is 1.65. The fraction of sp³-hybridized carbons (Fsp3) is 1.00. The van der Waals surface area contributed by atoms with Crippen molar-refractivity contribution in [3.05, 3.63) is 0 Å². The summed E-state index contributed by atoms with van der Waals surface area (Å²) in [7, 11) is 0. The molecule has 0 atom stereocenters. The third-order valence-electron chi connectivity index (χ3n) is 1.92. The first kappa shape index (κ1) is 9.21. The minimum atomic E-state index is 0. The molecule has 1 aliphatic carbocycles. The Balaban J connectivity index is 0.000000640. The molecule has 56 valence electrons. The van der Waals surface area contributed by atoms with Crippen LogP contribution in [0.3, 0.4) is 0 Å². The van der Waals surface area contributed by atoms with E-state index in [9.17, 15) is 0 Å². The van der Waals surface area contributed by atoms with Crippen molar-refractivity contribution in [1.82, 2.24) is 0 Å². The van der Waals surface area contributed by atoms with E-state index in [1.54, 1.807) is 0 Å². The second-order valence-electron chi connectivity index (χ2n) is 2.62. The maximum absolute atomic E-state index is 8.56. The smallest absolute Gasteiger partial charge is 0.0459 e. The van der Waals surface area contributed by atoms with Crippen LogP contribution in [0.15, 0.2) is 0 Å². The lowest BCUT2D eigenvalue weighted by molar-refractivity contribution is 0.112. The molecular formula is C6H14ClNO. The molecule has 1 fully saturated rings. The summed E-state index contributed by atoms with van der Waals surface area (Å²) < 4.78 is 0. The standard InChI is InChI=1S/C6H13NO.ClH/c7-3-5-1-6(2-5)4-8;/h5-6,8H,1-4,7H2;1H. The molecule has 0 saturated heterocycles. The zero-order valence-corrected chi connectivity index (χ0v) is 6.23. The highest BCUT2D eigenvalue weighted by molar-refractivity contribution is 5.85. The van der Waals surface area contributed by atoms with Gasteiger partial charge in [0.1, 0.15) is 0 Å². The van der Waals surface area contributed by atoms with Crippen molar-refractivity contribution in [2.24, 2.45) is 17.6 Å². The Labute approximate surface area is 61.8 Å². The van der Waals surface area contributed by atoms with E-state index < -0.39 is 0 Å². The first-order valence-electron chi connectivity index (χ1n) is 3.17. The molecule has 0 aromatic carbocycles. The molecule has 2 nitrogen and oxygen atoms in total. The lowest BCUT2D eigenvalue weighted by Gasteiger charge is -2.32. The van der Waals surface area contributed by atoms with Crippen molar-refractivity contribution < 1.29 is 5.11 Å². The molecular weight excluding hydrogens is 138 g/mol. The minimum Gasteiger partial charge on any atom is -0.396 e. The van der Waals surface area contributed by atoms with Gasteiger partial charge in [0.15, 0.2) is 0 Å². The Morgan fingerprint density at radius 3 is 2.22 bits per heavy atom. The van der Waals surface area contributed by atoms with Crippen LogP contribution in [0.1, 0.15) is 12.8 Å². The Bertz CT molecular complexity index is 65.5. The van der Waals surface area contributed by atoms with Gasteiger partial charge in [0.2, 0.25) is 0 Å². The van der Waals surface area contributed by atoms with Gasteiger partial charge in [-0.05, 0) is 31.2 Å². The van der Waals surface area contributed by atoms with Gasteiger partial charge in [-0.3, -0.25) is 0 Å². The maximum atomic E-state index is 8.56. The molecule has 1 aliphatic rings. The number of nitrogens with two attached hydrogens (primary N) is 1. The number of aliphatic hydroxyl groups excluding tert-OH is 1. The SMILES string of the molecule is Cl.NCC1CC(CO)C1. The van der Waals surface area contributed by atoms with E-state index in [1.807, 2.05) is 0 Å². The third-order valence-corrected chi connectivity index (χ3v) is 1.92. The quantitative estimate of drug-likeness (QED) is 0.600. The second kappa shape index (κ2) is 4.09. The van der Waals surface area contributed by atoms with Gasteiger partial charge in [0.05, 0.1) is 0 Å². The highest BCUT2D eigenvalue weighted by Gasteiger charge is 2.26. The van der Waals surface area contributed by atoms with Crippen LogP contribution in [-0.4, -0.2) is 18.3 Å². The molecule has 3 heteroatoms. The highest BCUT2D eigenvalue weighted by Crippen LogP contribution is 2.31. The minimum absolute atomic E-state index is 0. The predicted molar refractivity (Wildman–Crippen MR) is 39.6 cm³/mol. The van der Waals surface area contributed by atoms with Gasteiger partial charge in [0.25, 0.3) is 0 Å². The van der Waals surface area contributed by atoms with Crippen LogP contribution in [0.4, 0.5) is 0 Å². The van der Waals surface area contributed by atoms with Crippen molar-refractivity contribution in [2.75, 3.05) is 13.2 Å². The number of halogens is 1. The Hall–Kier alpha value is 0.210. The monoisotopic (exact) mass is 151 g/mol. The first-order chi connectivity index (χ1) is 3.86. The fourth-order valence-electron chi connectivity index (χ4n) is 1.22. The van der Waals surface area contributed by atoms with E-state index >= 15 is 0 Å². The third kappa shape index (κ3) is 2.12. The average molecular weight is 152 g/mol. The van der Waals surface area contributed by atoms with E-state index in [-0.39, 0.29) is 12.4 Å². The molecule has 0 unspecified atom stereocenters. The summed E-state index contributed by atoms with van der Waals surface area (Å²) in [5, 5.41) is 8.56. The molecule has 0 aromatic rings. The highest BCUT2D eigenvalue weighted by atomic mass is 35.5. The fourth-order valence-corrected chi connectivity index (χ4v) is 1.22. The number of rotatable bonds is 2. The van der Waals surface area contributed by atoms with Gasteiger partial charge in [-0.1, -0.05) is 0 Å². The molecule has 1 saturated carbocycles. The van der Waals surface area contributed by atoms with Crippen LogP contribution >= 0.6 is 12.4 Å². The summed E-state index contributed by atoms with van der Waals surface area (Å²) in [6.45, 7) is 1.16. The van der Waals surface area contributed by atoms with Gasteiger partial charge in [-0.2, -0.15) is 0 Å². The van der Waals surface area contributed by atoms with E-state index in [1.165, 1.54) is 0 Å². The predicted octanol–water partition coefficient (Wildman–Crippen LogP) is 0.385. The molecule has 9 heavy (non-hydrogen) atoms. The van der Waals surface area contributed by atoms with Crippen molar-refractivity contribution in [3.63, 3.8) is 0 Å². The number of hydrogen-bond acceptors (Lipinski definition) is 2. The summed E-state index contributed by atoms with van der Waals surface area (Å²) in [5.74, 6) is 1.29. The van der Waals surface area contributed by atoms with Gasteiger partial charge in [0, 0.05) is 6.61 Å². The topological polar surface area (TPSA) is 46.2 Å². The van der Waals surface area contributed by atoms with Crippen LogP contribution in [0.25, 0.3) is 0 Å². The largest absolute Gasteiger partial charge is 0.396 e. The van der Waals surface area contributed by atoms with Gasteiger partial charge in [-0.15, -0.1) is 12.4 Å². The molecule has 0 spiro atoms. The van der Waals surface area contributed by atoms with E-state index in [0.29, 0.717) is 18.4 Å². The van der Waals surface area contributed by atoms with E-state index in [4.69, 9.17) is 10.8 Å². The van der Waals surface area contributed by atoms with Crippen LogP contribution in [0.5, 0.6) is 0 Å². The lowest BCUT2D eigenvalue weighted by atomic mass is 9.75. The second-order valence-corrected chi connectivity index (χ2v) is 2.62. The van der Waals surface area contributed by atoms with Crippen LogP contribution < -0.4 is 5.73 Å². The molecule has 0 aliphatic heterocycles. The molecule has 0 aromatic heterocycles. The first-order valence-corrected chi connectivity index (χ1v) is 3.17. The number of hydrogen-bond donors (Lipinski definition) is 2. The van der Waals surface area contributed by atoms with Crippen LogP contribution in [0, 0.1) is 11.8 Å². The van der Waals surface area contributed by atoms with E-state index in [2.05, 4.69) is 0 Å². The number of aliphatic hydroxyl groups is 1. The van der Waals surface area contributed by atoms with Crippen molar-refractivity contribution in [1.29, 1.82) is 0 Å². The van der Waals surface area contributed by atoms with Crippen molar-refractivity contribution >= 4 is 12.4 Å². The molecule has 0 radical (unpaired) electrons. The summed E-state index contributed by atoms with van der Waals surface area (Å²) in [5.41, 5.74) is 5.37. The summed E-state index contributed by atoms with van der Waals surface area (Å²) >= 11 is 0. The maximum Gasteiger partial charge on any atom is 0.0459 e. The summed E-state index contributed by atoms with van der Waals surface area (Å²) in [6, 6.07) is 0. The molecule has 1 rings (SSSR count). The Kier molecular flexibility index (Phi) is 4.19. The molecule has 0 bridgehead atoms. The summed E-state index contributed by atoms with van der Waals surface area (Å²) in [6.07, 6.45) is 2.29. The van der Waals surface area contributed by atoms with Crippen molar-refractivity contribution in [2.45, 2.75) is 12.8 Å².